The lowest BCUT2D eigenvalue weighted by Crippen LogP contribution is -2.48. The first-order valence-corrected chi connectivity index (χ1v) is 8.48. The third kappa shape index (κ3) is 3.98. The van der Waals surface area contributed by atoms with Crippen LogP contribution in [0.1, 0.15) is 32.7 Å². The molecule has 0 radical (unpaired) electrons. The van der Waals surface area contributed by atoms with E-state index in [1.807, 2.05) is 30.3 Å². The Morgan fingerprint density at radius 2 is 1.70 bits per heavy atom. The molecule has 1 atom stereocenters. The third-order valence-electron chi connectivity index (χ3n) is 4.40. The van der Waals surface area contributed by atoms with Crippen molar-refractivity contribution in [1.82, 2.24) is 20.0 Å². The fourth-order valence-electron chi connectivity index (χ4n) is 3.11. The molecule has 1 saturated heterocycles. The van der Waals surface area contributed by atoms with Crippen molar-refractivity contribution in [2.75, 3.05) is 32.7 Å². The number of rotatable bonds is 5. The molecule has 0 N–H and O–H groups in total. The molecule has 3 rings (SSSR count). The number of nitrogens with zero attached hydrogens (tertiary/aromatic N) is 4. The molecule has 1 aliphatic heterocycles. The first-order valence-electron chi connectivity index (χ1n) is 8.48. The highest BCUT2D eigenvalue weighted by Crippen LogP contribution is 2.24. The van der Waals surface area contributed by atoms with Gasteiger partial charge in [-0.1, -0.05) is 32.0 Å². The Labute approximate surface area is 138 Å². The molecule has 23 heavy (non-hydrogen) atoms. The van der Waals surface area contributed by atoms with Gasteiger partial charge in [0.1, 0.15) is 0 Å². The maximum Gasteiger partial charge on any atom is 0.247 e. The van der Waals surface area contributed by atoms with E-state index >= 15 is 0 Å². The summed E-state index contributed by atoms with van der Waals surface area (Å²) in [6.07, 6.45) is 0. The number of aromatic nitrogens is 2. The van der Waals surface area contributed by atoms with Crippen LogP contribution in [0.2, 0.25) is 0 Å². The van der Waals surface area contributed by atoms with Crippen LogP contribution < -0.4 is 0 Å². The number of hydrogen-bond donors (Lipinski definition) is 0. The van der Waals surface area contributed by atoms with Crippen LogP contribution in [0.15, 0.2) is 34.7 Å². The van der Waals surface area contributed by atoms with E-state index in [0.29, 0.717) is 11.8 Å². The average Bonchev–Trinajstić information content (AvgIpc) is 3.05. The second kappa shape index (κ2) is 7.23. The quantitative estimate of drug-likeness (QED) is 0.848. The van der Waals surface area contributed by atoms with E-state index in [2.05, 4.69) is 40.8 Å². The van der Waals surface area contributed by atoms with Gasteiger partial charge in [0.2, 0.25) is 11.8 Å². The molecule has 5 heteroatoms. The monoisotopic (exact) mass is 314 g/mol. The molecule has 2 heterocycles. The molecule has 1 unspecified atom stereocenters. The van der Waals surface area contributed by atoms with Crippen LogP contribution in [-0.2, 0) is 0 Å². The lowest BCUT2D eigenvalue weighted by Gasteiger charge is -2.37. The van der Waals surface area contributed by atoms with Crippen LogP contribution in [-0.4, -0.2) is 52.7 Å². The Hall–Kier alpha value is -1.72. The molecule has 1 aromatic heterocycles. The average molecular weight is 314 g/mol. The van der Waals surface area contributed by atoms with Crippen LogP contribution in [0.3, 0.4) is 0 Å². The molecule has 0 amide bonds. The standard InChI is InChI=1S/C18H26N4O/c1-14(2)13-21-9-11-22(12-10-21)15(3)17-19-20-18(23-17)16-7-5-4-6-8-16/h4-8,14-15H,9-13H2,1-3H3. The Bertz CT molecular complexity index is 602. The van der Waals surface area contributed by atoms with Gasteiger partial charge in [-0.3, -0.25) is 4.90 Å². The van der Waals surface area contributed by atoms with Crippen molar-refractivity contribution in [3.05, 3.63) is 36.2 Å². The highest BCUT2D eigenvalue weighted by molar-refractivity contribution is 5.51. The maximum atomic E-state index is 5.90. The Morgan fingerprint density at radius 1 is 1.00 bits per heavy atom. The van der Waals surface area contributed by atoms with Crippen molar-refractivity contribution in [2.45, 2.75) is 26.8 Å². The summed E-state index contributed by atoms with van der Waals surface area (Å²) in [7, 11) is 0. The van der Waals surface area contributed by atoms with E-state index in [1.54, 1.807) is 0 Å². The van der Waals surface area contributed by atoms with Gasteiger partial charge in [-0.15, -0.1) is 10.2 Å². The van der Waals surface area contributed by atoms with Gasteiger partial charge in [0.25, 0.3) is 0 Å². The highest BCUT2D eigenvalue weighted by atomic mass is 16.4. The van der Waals surface area contributed by atoms with Crippen molar-refractivity contribution in [3.8, 4) is 11.5 Å². The van der Waals surface area contributed by atoms with Crippen LogP contribution in [0.25, 0.3) is 11.5 Å². The van der Waals surface area contributed by atoms with E-state index in [4.69, 9.17) is 4.42 Å². The summed E-state index contributed by atoms with van der Waals surface area (Å²) >= 11 is 0. The molecule has 1 aromatic carbocycles. The van der Waals surface area contributed by atoms with Crippen molar-refractivity contribution in [1.29, 1.82) is 0 Å². The van der Waals surface area contributed by atoms with E-state index in [0.717, 1.165) is 37.7 Å². The summed E-state index contributed by atoms with van der Waals surface area (Å²) in [6.45, 7) is 12.2. The van der Waals surface area contributed by atoms with Crippen LogP contribution in [0.5, 0.6) is 0 Å². The largest absolute Gasteiger partial charge is 0.419 e. The van der Waals surface area contributed by atoms with Gasteiger partial charge in [-0.2, -0.15) is 0 Å². The van der Waals surface area contributed by atoms with Gasteiger partial charge in [0, 0.05) is 38.3 Å². The van der Waals surface area contributed by atoms with E-state index in [1.165, 1.54) is 6.54 Å². The second-order valence-corrected chi connectivity index (χ2v) is 6.72. The molecule has 0 saturated carbocycles. The normalized spacial score (nSPS) is 18.4. The first kappa shape index (κ1) is 16.1. The zero-order valence-corrected chi connectivity index (χ0v) is 14.3. The topological polar surface area (TPSA) is 45.4 Å². The molecular formula is C18H26N4O. The lowest BCUT2D eigenvalue weighted by atomic mass is 10.1. The molecule has 0 aliphatic carbocycles. The van der Waals surface area contributed by atoms with Crippen LogP contribution in [0.4, 0.5) is 0 Å². The van der Waals surface area contributed by atoms with E-state index in [-0.39, 0.29) is 6.04 Å². The van der Waals surface area contributed by atoms with Gasteiger partial charge < -0.3 is 9.32 Å². The molecule has 1 aliphatic rings. The van der Waals surface area contributed by atoms with Crippen molar-refractivity contribution in [2.24, 2.45) is 5.92 Å². The van der Waals surface area contributed by atoms with Gasteiger partial charge in [-0.25, -0.2) is 0 Å². The minimum Gasteiger partial charge on any atom is -0.419 e. The van der Waals surface area contributed by atoms with Gasteiger partial charge in [0.05, 0.1) is 6.04 Å². The highest BCUT2D eigenvalue weighted by Gasteiger charge is 2.25. The second-order valence-electron chi connectivity index (χ2n) is 6.72. The smallest absolute Gasteiger partial charge is 0.247 e. The van der Waals surface area contributed by atoms with Crippen molar-refractivity contribution >= 4 is 0 Å². The van der Waals surface area contributed by atoms with Gasteiger partial charge in [0.15, 0.2) is 0 Å². The Morgan fingerprint density at radius 3 is 2.35 bits per heavy atom. The minimum absolute atomic E-state index is 0.168. The summed E-state index contributed by atoms with van der Waals surface area (Å²) in [6, 6.07) is 10.1. The molecule has 5 nitrogen and oxygen atoms in total. The summed E-state index contributed by atoms with van der Waals surface area (Å²) in [5.41, 5.74) is 0.972. The van der Waals surface area contributed by atoms with Gasteiger partial charge >= 0.3 is 0 Å². The van der Waals surface area contributed by atoms with Gasteiger partial charge in [-0.05, 0) is 25.0 Å². The first-order chi connectivity index (χ1) is 11.1. The number of piperazine rings is 1. The molecule has 124 valence electrons. The summed E-state index contributed by atoms with van der Waals surface area (Å²) < 4.78 is 5.90. The van der Waals surface area contributed by atoms with E-state index in [9.17, 15) is 0 Å². The number of benzene rings is 1. The Balaban J connectivity index is 1.61. The predicted octanol–water partition coefficient (Wildman–Crippen LogP) is 3.07. The number of hydrogen-bond acceptors (Lipinski definition) is 5. The molecular weight excluding hydrogens is 288 g/mol. The maximum absolute atomic E-state index is 5.90. The van der Waals surface area contributed by atoms with Crippen LogP contribution in [0, 0.1) is 5.92 Å². The Kier molecular flexibility index (Phi) is 5.08. The lowest BCUT2D eigenvalue weighted by molar-refractivity contribution is 0.0850. The minimum atomic E-state index is 0.168. The fraction of sp³-hybridized carbons (Fsp3) is 0.556. The molecule has 0 bridgehead atoms. The summed E-state index contributed by atoms with van der Waals surface area (Å²) in [5.74, 6) is 2.04. The zero-order valence-electron chi connectivity index (χ0n) is 14.3. The molecule has 0 spiro atoms. The molecule has 1 fully saturated rings. The predicted molar refractivity (Wildman–Crippen MR) is 91.0 cm³/mol. The summed E-state index contributed by atoms with van der Waals surface area (Å²) in [4.78, 5) is 4.97. The van der Waals surface area contributed by atoms with E-state index < -0.39 is 0 Å². The van der Waals surface area contributed by atoms with Crippen LogP contribution >= 0.6 is 0 Å². The van der Waals surface area contributed by atoms with Crippen molar-refractivity contribution < 1.29 is 4.42 Å². The van der Waals surface area contributed by atoms with Crippen molar-refractivity contribution in [3.63, 3.8) is 0 Å². The zero-order chi connectivity index (χ0) is 16.2. The SMILES string of the molecule is CC(C)CN1CCN(C(C)c2nnc(-c3ccccc3)o2)CC1. The fourth-order valence-corrected chi connectivity index (χ4v) is 3.11. The third-order valence-corrected chi connectivity index (χ3v) is 4.40. The molecule has 2 aromatic rings. The summed E-state index contributed by atoms with van der Waals surface area (Å²) in [5, 5.41) is 8.47.